The van der Waals surface area contributed by atoms with E-state index in [1.807, 2.05) is 0 Å². The minimum absolute atomic E-state index is 0.0582. The van der Waals surface area contributed by atoms with Gasteiger partial charge in [-0.2, -0.15) is 0 Å². The van der Waals surface area contributed by atoms with Gasteiger partial charge in [-0.3, -0.25) is 19.6 Å². The normalized spacial score (nSPS) is 10.9. The third-order valence-corrected chi connectivity index (χ3v) is 5.50. The fourth-order valence-corrected chi connectivity index (χ4v) is 3.74. The maximum Gasteiger partial charge on any atom is 0.269 e. The van der Waals surface area contributed by atoms with Crippen molar-refractivity contribution >= 4 is 33.0 Å². The summed E-state index contributed by atoms with van der Waals surface area (Å²) in [6, 6.07) is 17.9. The number of nitrogens with zero attached hydrogens (tertiary/aromatic N) is 1. The number of rotatable bonds is 6. The zero-order valence-corrected chi connectivity index (χ0v) is 16.1. The van der Waals surface area contributed by atoms with Gasteiger partial charge in [0.1, 0.15) is 0 Å². The van der Waals surface area contributed by atoms with Crippen molar-refractivity contribution in [1.29, 1.82) is 0 Å². The number of para-hydroxylation sites is 1. The number of hydrogen-bond donors (Lipinski definition) is 2. The Morgan fingerprint density at radius 1 is 0.966 bits per heavy atom. The van der Waals surface area contributed by atoms with Crippen molar-refractivity contribution in [2.75, 3.05) is 10.0 Å². The molecule has 2 N–H and O–H groups in total. The van der Waals surface area contributed by atoms with Crippen molar-refractivity contribution < 1.29 is 18.1 Å². The summed E-state index contributed by atoms with van der Waals surface area (Å²) in [5.74, 6) is -0.535. The summed E-state index contributed by atoms with van der Waals surface area (Å²) in [4.78, 5) is 22.6. The molecule has 0 spiro atoms. The van der Waals surface area contributed by atoms with Crippen LogP contribution < -0.4 is 10.0 Å². The zero-order valence-electron chi connectivity index (χ0n) is 15.3. The van der Waals surface area contributed by atoms with Crippen LogP contribution in [0.5, 0.6) is 0 Å². The zero-order chi connectivity index (χ0) is 21.0. The lowest BCUT2D eigenvalue weighted by molar-refractivity contribution is -0.384. The summed E-state index contributed by atoms with van der Waals surface area (Å²) >= 11 is 0. The van der Waals surface area contributed by atoms with Crippen molar-refractivity contribution in [3.63, 3.8) is 0 Å². The number of non-ortho nitro benzene ring substituents is 1. The number of hydrogen-bond acceptors (Lipinski definition) is 5. The van der Waals surface area contributed by atoms with E-state index in [4.69, 9.17) is 0 Å². The van der Waals surface area contributed by atoms with E-state index in [0.29, 0.717) is 11.4 Å². The van der Waals surface area contributed by atoms with E-state index in [0.717, 1.165) is 5.56 Å². The molecule has 0 aliphatic rings. The lowest BCUT2D eigenvalue weighted by atomic mass is 10.2. The van der Waals surface area contributed by atoms with Crippen LogP contribution in [0.15, 0.2) is 77.7 Å². The minimum Gasteiger partial charge on any atom is -0.322 e. The van der Waals surface area contributed by atoms with E-state index in [1.54, 1.807) is 31.2 Å². The van der Waals surface area contributed by atoms with Crippen LogP contribution in [-0.4, -0.2) is 19.2 Å². The van der Waals surface area contributed by atoms with Crippen LogP contribution in [0.25, 0.3) is 0 Å². The molecule has 0 aromatic heterocycles. The van der Waals surface area contributed by atoms with Crippen LogP contribution in [0.1, 0.15) is 15.9 Å². The first-order chi connectivity index (χ1) is 13.8. The molecule has 3 aromatic carbocycles. The molecule has 3 rings (SSSR count). The molecule has 0 saturated carbocycles. The summed E-state index contributed by atoms with van der Waals surface area (Å²) in [5, 5.41) is 13.3. The van der Waals surface area contributed by atoms with Crippen molar-refractivity contribution in [3.8, 4) is 0 Å². The van der Waals surface area contributed by atoms with Gasteiger partial charge >= 0.3 is 0 Å². The molecular formula is C20H17N3O5S. The minimum atomic E-state index is -3.88. The van der Waals surface area contributed by atoms with E-state index in [1.165, 1.54) is 48.5 Å². The lowest BCUT2D eigenvalue weighted by Crippen LogP contribution is -2.16. The predicted octanol–water partition coefficient (Wildman–Crippen LogP) is 3.96. The molecule has 0 aliphatic heterocycles. The second-order valence-electron chi connectivity index (χ2n) is 6.21. The molecule has 0 bridgehead atoms. The van der Waals surface area contributed by atoms with Crippen molar-refractivity contribution in [2.24, 2.45) is 0 Å². The number of carbonyl (C=O) groups is 1. The number of nitro benzene ring substituents is 1. The van der Waals surface area contributed by atoms with Gasteiger partial charge in [0.25, 0.3) is 21.6 Å². The first-order valence-corrected chi connectivity index (χ1v) is 9.99. The molecule has 9 heteroatoms. The highest BCUT2D eigenvalue weighted by Gasteiger charge is 2.17. The summed E-state index contributed by atoms with van der Waals surface area (Å²) in [7, 11) is -3.88. The van der Waals surface area contributed by atoms with E-state index in [9.17, 15) is 23.3 Å². The molecular weight excluding hydrogens is 394 g/mol. The Hall–Kier alpha value is -3.72. The molecule has 1 amide bonds. The molecule has 0 atom stereocenters. The SMILES string of the molecule is Cc1ccccc1NS(=O)(=O)c1cccc(C(=O)Nc2ccc([N+](=O)[O-])cc2)c1. The highest BCUT2D eigenvalue weighted by atomic mass is 32.2. The van der Waals surface area contributed by atoms with Crippen LogP contribution in [0.3, 0.4) is 0 Å². The van der Waals surface area contributed by atoms with E-state index in [-0.39, 0.29) is 16.1 Å². The van der Waals surface area contributed by atoms with Gasteiger partial charge in [0, 0.05) is 23.4 Å². The number of nitrogens with one attached hydrogen (secondary N) is 2. The molecule has 0 fully saturated rings. The summed E-state index contributed by atoms with van der Waals surface area (Å²) in [6.45, 7) is 1.78. The average molecular weight is 411 g/mol. The monoisotopic (exact) mass is 411 g/mol. The van der Waals surface area contributed by atoms with Crippen molar-refractivity contribution in [1.82, 2.24) is 0 Å². The van der Waals surface area contributed by atoms with E-state index in [2.05, 4.69) is 10.0 Å². The quantitative estimate of drug-likeness (QED) is 0.470. The molecule has 8 nitrogen and oxygen atoms in total. The Morgan fingerprint density at radius 2 is 1.66 bits per heavy atom. The van der Waals surface area contributed by atoms with Crippen molar-refractivity contribution in [3.05, 3.63) is 94.0 Å². The Labute approximate surface area is 167 Å². The number of aryl methyl sites for hydroxylation is 1. The summed E-state index contributed by atoms with van der Waals surface area (Å²) < 4.78 is 27.9. The molecule has 3 aromatic rings. The summed E-state index contributed by atoms with van der Waals surface area (Å²) in [6.07, 6.45) is 0. The van der Waals surface area contributed by atoms with Gasteiger partial charge in [0.15, 0.2) is 0 Å². The first kappa shape index (κ1) is 20.0. The van der Waals surface area contributed by atoms with Gasteiger partial charge < -0.3 is 5.32 Å². The largest absolute Gasteiger partial charge is 0.322 e. The number of carbonyl (C=O) groups excluding carboxylic acids is 1. The standard InChI is InChI=1S/C20H17N3O5S/c1-14-5-2-3-8-19(14)22-29(27,28)18-7-4-6-15(13-18)20(24)21-16-9-11-17(12-10-16)23(25)26/h2-13,22H,1H3,(H,21,24). The fraction of sp³-hybridized carbons (Fsp3) is 0.0500. The maximum absolute atomic E-state index is 12.7. The fourth-order valence-electron chi connectivity index (χ4n) is 2.57. The smallest absolute Gasteiger partial charge is 0.269 e. The molecule has 0 aliphatic carbocycles. The second-order valence-corrected chi connectivity index (χ2v) is 7.89. The van der Waals surface area contributed by atoms with Crippen molar-refractivity contribution in [2.45, 2.75) is 11.8 Å². The number of amides is 1. The maximum atomic E-state index is 12.7. The Kier molecular flexibility index (Phi) is 5.60. The third kappa shape index (κ3) is 4.77. The van der Waals surface area contributed by atoms with Gasteiger partial charge in [-0.1, -0.05) is 24.3 Å². The number of anilines is 2. The Bertz CT molecular complexity index is 1170. The highest BCUT2D eigenvalue weighted by molar-refractivity contribution is 7.92. The van der Waals surface area contributed by atoms with E-state index >= 15 is 0 Å². The van der Waals surface area contributed by atoms with Crippen LogP contribution in [0, 0.1) is 17.0 Å². The van der Waals surface area contributed by atoms with Gasteiger partial charge in [0.2, 0.25) is 0 Å². The summed E-state index contributed by atoms with van der Waals surface area (Å²) in [5.41, 5.74) is 1.61. The van der Waals surface area contributed by atoms with Crippen LogP contribution >= 0.6 is 0 Å². The molecule has 0 unspecified atom stereocenters. The Balaban J connectivity index is 1.80. The highest BCUT2D eigenvalue weighted by Crippen LogP contribution is 2.21. The number of benzene rings is 3. The number of sulfonamides is 1. The van der Waals surface area contributed by atoms with Gasteiger partial charge in [0.05, 0.1) is 15.5 Å². The molecule has 148 valence electrons. The predicted molar refractivity (Wildman–Crippen MR) is 109 cm³/mol. The second kappa shape index (κ2) is 8.11. The molecule has 29 heavy (non-hydrogen) atoms. The van der Waals surface area contributed by atoms with Gasteiger partial charge in [-0.25, -0.2) is 8.42 Å². The van der Waals surface area contributed by atoms with Crippen LogP contribution in [-0.2, 0) is 10.0 Å². The lowest BCUT2D eigenvalue weighted by Gasteiger charge is -2.11. The number of nitro groups is 1. The topological polar surface area (TPSA) is 118 Å². The average Bonchev–Trinajstić information content (AvgIpc) is 2.70. The van der Waals surface area contributed by atoms with Crippen LogP contribution in [0.4, 0.5) is 17.1 Å². The van der Waals surface area contributed by atoms with Gasteiger partial charge in [-0.05, 0) is 48.9 Å². The first-order valence-electron chi connectivity index (χ1n) is 8.50. The molecule has 0 radical (unpaired) electrons. The van der Waals surface area contributed by atoms with Crippen LogP contribution in [0.2, 0.25) is 0 Å². The Morgan fingerprint density at radius 3 is 2.31 bits per heavy atom. The third-order valence-electron chi connectivity index (χ3n) is 4.13. The van der Waals surface area contributed by atoms with E-state index < -0.39 is 20.9 Å². The molecule has 0 heterocycles. The molecule has 0 saturated heterocycles. The van der Waals surface area contributed by atoms with Gasteiger partial charge in [-0.15, -0.1) is 0 Å².